The highest BCUT2D eigenvalue weighted by Gasteiger charge is 2.21. The highest BCUT2D eigenvalue weighted by atomic mass is 16.5. The number of amides is 1. The predicted molar refractivity (Wildman–Crippen MR) is 82.2 cm³/mol. The van der Waals surface area contributed by atoms with Crippen LogP contribution in [0.1, 0.15) is 16.1 Å². The van der Waals surface area contributed by atoms with E-state index in [0.717, 1.165) is 11.3 Å². The van der Waals surface area contributed by atoms with Crippen LogP contribution < -0.4 is 20.5 Å². The van der Waals surface area contributed by atoms with Crippen LogP contribution in [-0.4, -0.2) is 36.2 Å². The number of methoxy groups -OCH3 is 2. The summed E-state index contributed by atoms with van der Waals surface area (Å²) in [6, 6.07) is 5.64. The largest absolute Gasteiger partial charge is 0.493 e. The van der Waals surface area contributed by atoms with Gasteiger partial charge in [-0.2, -0.15) is 0 Å². The third-order valence-corrected chi connectivity index (χ3v) is 3.50. The molecule has 2 heterocycles. The van der Waals surface area contributed by atoms with Gasteiger partial charge in [-0.05, 0) is 24.3 Å². The Kier molecular flexibility index (Phi) is 3.46. The van der Waals surface area contributed by atoms with E-state index in [9.17, 15) is 4.79 Å². The minimum Gasteiger partial charge on any atom is -0.493 e. The molecule has 3 N–H and O–H groups in total. The zero-order valence-electron chi connectivity index (χ0n) is 12.3. The van der Waals surface area contributed by atoms with Gasteiger partial charge in [0.25, 0.3) is 5.91 Å². The highest BCUT2D eigenvalue weighted by molar-refractivity contribution is 5.97. The third kappa shape index (κ3) is 2.16. The van der Waals surface area contributed by atoms with E-state index in [2.05, 4.69) is 10.3 Å². The monoisotopic (exact) mass is 300 g/mol. The predicted octanol–water partition coefficient (Wildman–Crippen LogP) is 1.31. The fourth-order valence-corrected chi connectivity index (χ4v) is 2.48. The summed E-state index contributed by atoms with van der Waals surface area (Å²) < 4.78 is 12.4. The molecule has 0 atom stereocenters. The van der Waals surface area contributed by atoms with E-state index >= 15 is 0 Å². The number of fused-ring (bicyclic) bond motifs is 1. The summed E-state index contributed by atoms with van der Waals surface area (Å²) in [5, 5.41) is 3.11. The first-order chi connectivity index (χ1) is 10.7. The van der Waals surface area contributed by atoms with E-state index in [1.165, 1.54) is 0 Å². The Morgan fingerprint density at radius 1 is 1.32 bits per heavy atom. The van der Waals surface area contributed by atoms with Gasteiger partial charge >= 0.3 is 0 Å². The number of carbonyl (C=O) groups excluding carboxylic acids is 1. The lowest BCUT2D eigenvalue weighted by Crippen LogP contribution is -2.19. The average molecular weight is 300 g/mol. The SMILES string of the molecule is COc1ccc(C2=CCNc3c(C(N)=O)ncn32)cc1OC. The van der Waals surface area contributed by atoms with E-state index in [1.54, 1.807) is 25.1 Å². The Labute approximate surface area is 127 Å². The maximum absolute atomic E-state index is 11.4. The Morgan fingerprint density at radius 3 is 2.77 bits per heavy atom. The first-order valence-electron chi connectivity index (χ1n) is 6.69. The number of benzene rings is 1. The number of primary amides is 1. The second-order valence-corrected chi connectivity index (χ2v) is 4.72. The van der Waals surface area contributed by atoms with Gasteiger partial charge in [0.05, 0.1) is 19.9 Å². The quantitative estimate of drug-likeness (QED) is 0.888. The van der Waals surface area contributed by atoms with Crippen molar-refractivity contribution in [1.29, 1.82) is 0 Å². The highest BCUT2D eigenvalue weighted by Crippen LogP contribution is 2.33. The molecule has 1 aromatic heterocycles. The number of imidazole rings is 1. The van der Waals surface area contributed by atoms with Crippen LogP contribution in [0.25, 0.3) is 5.70 Å². The molecule has 3 rings (SSSR count). The number of nitrogens with two attached hydrogens (primary N) is 1. The second kappa shape index (κ2) is 5.44. The zero-order chi connectivity index (χ0) is 15.7. The van der Waals surface area contributed by atoms with E-state index in [-0.39, 0.29) is 5.69 Å². The molecule has 0 radical (unpaired) electrons. The number of carbonyl (C=O) groups is 1. The standard InChI is InChI=1S/C15H16N4O3/c1-21-11-4-3-9(7-12(11)22-2)10-5-6-17-15-13(14(16)20)18-8-19(10)15/h3-5,7-8,17H,6H2,1-2H3,(H2,16,20). The fraction of sp³-hybridized carbons (Fsp3) is 0.200. The van der Waals surface area contributed by atoms with E-state index < -0.39 is 5.91 Å². The number of nitrogens with zero attached hydrogens (tertiary/aromatic N) is 2. The minimum absolute atomic E-state index is 0.228. The summed E-state index contributed by atoms with van der Waals surface area (Å²) in [4.78, 5) is 15.5. The number of ether oxygens (including phenoxy) is 2. The smallest absolute Gasteiger partial charge is 0.271 e. The molecule has 0 saturated carbocycles. The molecular weight excluding hydrogens is 284 g/mol. The van der Waals surface area contributed by atoms with Crippen LogP contribution in [0.2, 0.25) is 0 Å². The Balaban J connectivity index is 2.07. The van der Waals surface area contributed by atoms with Gasteiger partial charge in [-0.25, -0.2) is 4.98 Å². The molecule has 7 heteroatoms. The van der Waals surface area contributed by atoms with Crippen LogP contribution in [0.4, 0.5) is 5.82 Å². The zero-order valence-corrected chi connectivity index (χ0v) is 12.3. The van der Waals surface area contributed by atoms with Crippen molar-refractivity contribution >= 4 is 17.4 Å². The lowest BCUT2D eigenvalue weighted by molar-refractivity contribution is 0.0997. The summed E-state index contributed by atoms with van der Waals surface area (Å²) >= 11 is 0. The van der Waals surface area contributed by atoms with Gasteiger partial charge in [-0.15, -0.1) is 0 Å². The minimum atomic E-state index is -0.560. The van der Waals surface area contributed by atoms with E-state index in [4.69, 9.17) is 15.2 Å². The van der Waals surface area contributed by atoms with Crippen molar-refractivity contribution in [3.8, 4) is 11.5 Å². The Bertz CT molecular complexity index is 764. The van der Waals surface area contributed by atoms with Crippen molar-refractivity contribution in [2.45, 2.75) is 0 Å². The molecule has 1 aliphatic rings. The summed E-state index contributed by atoms with van der Waals surface area (Å²) in [6.45, 7) is 0.579. The number of nitrogens with one attached hydrogen (secondary N) is 1. The van der Waals surface area contributed by atoms with Crippen LogP contribution in [0.3, 0.4) is 0 Å². The molecule has 22 heavy (non-hydrogen) atoms. The van der Waals surface area contributed by atoms with Gasteiger partial charge in [0.1, 0.15) is 12.1 Å². The molecule has 0 unspecified atom stereocenters. The number of aromatic nitrogens is 2. The summed E-state index contributed by atoms with van der Waals surface area (Å²) in [6.07, 6.45) is 3.57. The molecule has 0 aliphatic carbocycles. The molecule has 114 valence electrons. The lowest BCUT2D eigenvalue weighted by atomic mass is 10.1. The van der Waals surface area contributed by atoms with Gasteiger partial charge in [0.2, 0.25) is 0 Å². The Hall–Kier alpha value is -2.96. The second-order valence-electron chi connectivity index (χ2n) is 4.72. The van der Waals surface area contributed by atoms with Crippen molar-refractivity contribution in [3.05, 3.63) is 41.9 Å². The molecule has 0 bridgehead atoms. The third-order valence-electron chi connectivity index (χ3n) is 3.50. The molecule has 0 fully saturated rings. The normalized spacial score (nSPS) is 12.9. The maximum Gasteiger partial charge on any atom is 0.271 e. The van der Waals surface area contributed by atoms with Crippen LogP contribution in [0.5, 0.6) is 11.5 Å². The number of rotatable bonds is 4. The van der Waals surface area contributed by atoms with Crippen LogP contribution >= 0.6 is 0 Å². The van der Waals surface area contributed by atoms with Gasteiger partial charge in [0, 0.05) is 12.1 Å². The summed E-state index contributed by atoms with van der Waals surface area (Å²) in [7, 11) is 3.18. The maximum atomic E-state index is 11.4. The molecule has 0 saturated heterocycles. The molecular formula is C15H16N4O3. The van der Waals surface area contributed by atoms with Crippen molar-refractivity contribution in [2.24, 2.45) is 5.73 Å². The van der Waals surface area contributed by atoms with Crippen molar-refractivity contribution < 1.29 is 14.3 Å². The number of anilines is 1. The Morgan fingerprint density at radius 2 is 2.09 bits per heavy atom. The van der Waals surface area contributed by atoms with Gasteiger partial charge in [-0.1, -0.05) is 0 Å². The van der Waals surface area contributed by atoms with Crippen molar-refractivity contribution in [1.82, 2.24) is 9.55 Å². The molecule has 1 aliphatic heterocycles. The van der Waals surface area contributed by atoms with Crippen LogP contribution in [-0.2, 0) is 0 Å². The van der Waals surface area contributed by atoms with Gasteiger partial charge < -0.3 is 20.5 Å². The van der Waals surface area contributed by atoms with Crippen molar-refractivity contribution in [3.63, 3.8) is 0 Å². The fourth-order valence-electron chi connectivity index (χ4n) is 2.48. The topological polar surface area (TPSA) is 91.4 Å². The summed E-state index contributed by atoms with van der Waals surface area (Å²) in [5.74, 6) is 1.33. The first-order valence-corrected chi connectivity index (χ1v) is 6.69. The number of hydrogen-bond acceptors (Lipinski definition) is 5. The summed E-state index contributed by atoms with van der Waals surface area (Å²) in [5.41, 5.74) is 7.39. The molecule has 7 nitrogen and oxygen atoms in total. The van der Waals surface area contributed by atoms with Crippen molar-refractivity contribution in [2.75, 3.05) is 26.1 Å². The van der Waals surface area contributed by atoms with Gasteiger partial charge in [0.15, 0.2) is 17.2 Å². The van der Waals surface area contributed by atoms with E-state index in [0.29, 0.717) is 23.9 Å². The molecule has 1 amide bonds. The molecule has 0 spiro atoms. The van der Waals surface area contributed by atoms with Gasteiger partial charge in [-0.3, -0.25) is 9.36 Å². The molecule has 2 aromatic rings. The van der Waals surface area contributed by atoms with Crippen LogP contribution in [0, 0.1) is 0 Å². The average Bonchev–Trinajstić information content (AvgIpc) is 2.98. The van der Waals surface area contributed by atoms with Crippen LogP contribution in [0.15, 0.2) is 30.6 Å². The number of hydrogen-bond donors (Lipinski definition) is 2. The lowest BCUT2D eigenvalue weighted by Gasteiger charge is -2.20. The van der Waals surface area contributed by atoms with E-state index in [1.807, 2.05) is 24.3 Å². The first kappa shape index (κ1) is 14.0. The molecule has 1 aromatic carbocycles.